The molecule has 1 aliphatic carbocycles. The number of nitrogens with two attached hydrogens (primary N) is 1. The van der Waals surface area contributed by atoms with Crippen molar-refractivity contribution in [3.05, 3.63) is 60.2 Å². The Hall–Kier alpha value is -2.33. The van der Waals surface area contributed by atoms with E-state index in [0.29, 0.717) is 13.0 Å². The molecule has 124 valence electrons. The lowest BCUT2D eigenvalue weighted by atomic mass is 10.0. The topological polar surface area (TPSA) is 55.6 Å². The summed E-state index contributed by atoms with van der Waals surface area (Å²) in [5.41, 5.74) is 8.26. The molecule has 4 nitrogen and oxygen atoms in total. The number of amides is 1. The summed E-state index contributed by atoms with van der Waals surface area (Å²) in [5.74, 6) is 0.860. The fourth-order valence-corrected chi connectivity index (χ4v) is 3.32. The summed E-state index contributed by atoms with van der Waals surface area (Å²) in [6, 6.07) is 17.3. The summed E-state index contributed by atoms with van der Waals surface area (Å²) in [6.07, 6.45) is 2.54. The molecule has 0 aromatic heterocycles. The number of ether oxygens (including phenoxy) is 1. The van der Waals surface area contributed by atoms with E-state index in [1.807, 2.05) is 59.5 Å². The van der Waals surface area contributed by atoms with E-state index in [1.165, 1.54) is 0 Å². The Kier molecular flexibility index (Phi) is 3.77. The Labute approximate surface area is 142 Å². The zero-order valence-corrected chi connectivity index (χ0v) is 13.7. The number of benzene rings is 2. The Morgan fingerprint density at radius 2 is 1.83 bits per heavy atom. The number of anilines is 1. The number of para-hydroxylation sites is 2. The summed E-state index contributed by atoms with van der Waals surface area (Å²) in [5, 5.41) is 0. The van der Waals surface area contributed by atoms with E-state index in [0.717, 1.165) is 36.4 Å². The number of hydrogen-bond donors (Lipinski definition) is 1. The Balaban J connectivity index is 1.58. The number of carbonyl (C=O) groups is 1. The lowest BCUT2D eigenvalue weighted by Gasteiger charge is -2.25. The van der Waals surface area contributed by atoms with Crippen LogP contribution in [0.1, 0.15) is 30.9 Å². The van der Waals surface area contributed by atoms with E-state index in [4.69, 9.17) is 10.5 Å². The molecule has 2 aliphatic rings. The van der Waals surface area contributed by atoms with Crippen molar-refractivity contribution in [3.63, 3.8) is 0 Å². The molecule has 0 bridgehead atoms. The van der Waals surface area contributed by atoms with Gasteiger partial charge in [-0.25, -0.2) is 0 Å². The molecule has 2 N–H and O–H groups in total. The van der Waals surface area contributed by atoms with Gasteiger partial charge < -0.3 is 15.4 Å². The fourth-order valence-electron chi connectivity index (χ4n) is 3.32. The molecule has 1 fully saturated rings. The SMILES string of the molecule is N[C@@H](CC(=O)N1CC2(CC2)COc2ccccc21)c1ccccc1. The predicted molar refractivity (Wildman–Crippen MR) is 93.9 cm³/mol. The Morgan fingerprint density at radius 1 is 1.12 bits per heavy atom. The summed E-state index contributed by atoms with van der Waals surface area (Å²) in [7, 11) is 0. The van der Waals surface area contributed by atoms with Gasteiger partial charge in [-0.3, -0.25) is 4.79 Å². The van der Waals surface area contributed by atoms with E-state index in [1.54, 1.807) is 0 Å². The summed E-state index contributed by atoms with van der Waals surface area (Å²) in [6.45, 7) is 1.42. The summed E-state index contributed by atoms with van der Waals surface area (Å²) >= 11 is 0. The molecule has 0 radical (unpaired) electrons. The van der Waals surface area contributed by atoms with E-state index in [2.05, 4.69) is 0 Å². The van der Waals surface area contributed by atoms with Gasteiger partial charge in [0.05, 0.1) is 12.3 Å². The monoisotopic (exact) mass is 322 g/mol. The predicted octanol–water partition coefficient (Wildman–Crippen LogP) is 3.28. The molecule has 2 aromatic rings. The van der Waals surface area contributed by atoms with Gasteiger partial charge in [0.15, 0.2) is 0 Å². The second-order valence-electron chi connectivity index (χ2n) is 6.96. The van der Waals surface area contributed by atoms with Crippen LogP contribution in [0.3, 0.4) is 0 Å². The largest absolute Gasteiger partial charge is 0.491 e. The highest BCUT2D eigenvalue weighted by Crippen LogP contribution is 2.50. The molecule has 4 rings (SSSR count). The van der Waals surface area contributed by atoms with Crippen molar-refractivity contribution in [2.75, 3.05) is 18.1 Å². The summed E-state index contributed by atoms with van der Waals surface area (Å²) < 4.78 is 5.97. The minimum Gasteiger partial charge on any atom is -0.491 e. The minimum atomic E-state index is -0.287. The molecular weight excluding hydrogens is 300 g/mol. The van der Waals surface area contributed by atoms with Gasteiger partial charge in [-0.05, 0) is 30.5 Å². The smallest absolute Gasteiger partial charge is 0.229 e. The van der Waals surface area contributed by atoms with Crippen LogP contribution in [0, 0.1) is 5.41 Å². The van der Waals surface area contributed by atoms with Crippen LogP contribution >= 0.6 is 0 Å². The maximum atomic E-state index is 13.0. The first-order valence-corrected chi connectivity index (χ1v) is 8.50. The van der Waals surface area contributed by atoms with E-state index in [-0.39, 0.29) is 17.4 Å². The second kappa shape index (κ2) is 5.95. The molecular formula is C20H22N2O2. The molecule has 4 heteroatoms. The highest BCUT2D eigenvalue weighted by Gasteiger charge is 2.48. The highest BCUT2D eigenvalue weighted by atomic mass is 16.5. The van der Waals surface area contributed by atoms with E-state index >= 15 is 0 Å². The van der Waals surface area contributed by atoms with Gasteiger partial charge in [-0.2, -0.15) is 0 Å². The molecule has 1 aliphatic heterocycles. The number of rotatable bonds is 3. The lowest BCUT2D eigenvalue weighted by molar-refractivity contribution is -0.119. The maximum Gasteiger partial charge on any atom is 0.229 e. The van der Waals surface area contributed by atoms with Gasteiger partial charge >= 0.3 is 0 Å². The van der Waals surface area contributed by atoms with Crippen molar-refractivity contribution in [2.24, 2.45) is 11.1 Å². The van der Waals surface area contributed by atoms with Crippen molar-refractivity contribution in [1.29, 1.82) is 0 Å². The molecule has 1 heterocycles. The Bertz CT molecular complexity index is 740. The molecule has 24 heavy (non-hydrogen) atoms. The number of carbonyl (C=O) groups excluding carboxylic acids is 1. The molecule has 1 spiro atoms. The third-order valence-electron chi connectivity index (χ3n) is 5.06. The zero-order valence-electron chi connectivity index (χ0n) is 13.7. The first kappa shape index (κ1) is 15.2. The van der Waals surface area contributed by atoms with Gasteiger partial charge in [0, 0.05) is 24.4 Å². The van der Waals surface area contributed by atoms with Crippen LogP contribution in [0.5, 0.6) is 5.75 Å². The molecule has 1 amide bonds. The van der Waals surface area contributed by atoms with Gasteiger partial charge in [0.1, 0.15) is 5.75 Å². The Morgan fingerprint density at radius 3 is 2.58 bits per heavy atom. The van der Waals surface area contributed by atoms with Gasteiger partial charge in [0.25, 0.3) is 0 Å². The maximum absolute atomic E-state index is 13.0. The van der Waals surface area contributed by atoms with Gasteiger partial charge in [-0.15, -0.1) is 0 Å². The zero-order chi connectivity index (χ0) is 16.6. The average Bonchev–Trinajstić information content (AvgIpc) is 3.41. The molecule has 2 aromatic carbocycles. The number of nitrogens with zero attached hydrogens (tertiary/aromatic N) is 1. The quantitative estimate of drug-likeness (QED) is 0.943. The van der Waals surface area contributed by atoms with Crippen molar-refractivity contribution < 1.29 is 9.53 Å². The van der Waals surface area contributed by atoms with Crippen molar-refractivity contribution in [1.82, 2.24) is 0 Å². The van der Waals surface area contributed by atoms with Crippen molar-refractivity contribution >= 4 is 11.6 Å². The van der Waals surface area contributed by atoms with Gasteiger partial charge in [-0.1, -0.05) is 42.5 Å². The van der Waals surface area contributed by atoms with Crippen LogP contribution in [0.15, 0.2) is 54.6 Å². The van der Waals surface area contributed by atoms with Crippen LogP contribution in [-0.4, -0.2) is 19.1 Å². The molecule has 1 atom stereocenters. The third kappa shape index (κ3) is 2.89. The normalized spacial score (nSPS) is 19.1. The van der Waals surface area contributed by atoms with Crippen molar-refractivity contribution in [3.8, 4) is 5.75 Å². The summed E-state index contributed by atoms with van der Waals surface area (Å²) in [4.78, 5) is 14.9. The first-order chi connectivity index (χ1) is 11.7. The van der Waals surface area contributed by atoms with E-state index in [9.17, 15) is 4.79 Å². The second-order valence-corrected chi connectivity index (χ2v) is 6.96. The number of hydrogen-bond acceptors (Lipinski definition) is 3. The molecule has 0 unspecified atom stereocenters. The third-order valence-corrected chi connectivity index (χ3v) is 5.06. The minimum absolute atomic E-state index is 0.0654. The molecule has 1 saturated carbocycles. The lowest BCUT2D eigenvalue weighted by Crippen LogP contribution is -2.37. The van der Waals surface area contributed by atoms with Crippen LogP contribution in [0.2, 0.25) is 0 Å². The van der Waals surface area contributed by atoms with Gasteiger partial charge in [0.2, 0.25) is 5.91 Å². The van der Waals surface area contributed by atoms with Crippen LogP contribution < -0.4 is 15.4 Å². The van der Waals surface area contributed by atoms with Crippen LogP contribution in [-0.2, 0) is 4.79 Å². The standard InChI is InChI=1S/C20H22N2O2/c21-16(15-6-2-1-3-7-15)12-19(23)22-13-20(10-11-20)14-24-18-9-5-4-8-17(18)22/h1-9,16H,10-14,21H2/t16-/m0/s1. The van der Waals surface area contributed by atoms with Crippen LogP contribution in [0.4, 0.5) is 5.69 Å². The van der Waals surface area contributed by atoms with Crippen LogP contribution in [0.25, 0.3) is 0 Å². The molecule has 0 saturated heterocycles. The first-order valence-electron chi connectivity index (χ1n) is 8.50. The average molecular weight is 322 g/mol. The highest BCUT2D eigenvalue weighted by molar-refractivity contribution is 5.95. The fraction of sp³-hybridized carbons (Fsp3) is 0.350. The van der Waals surface area contributed by atoms with E-state index < -0.39 is 0 Å². The number of fused-ring (bicyclic) bond motifs is 1. The van der Waals surface area contributed by atoms with Crippen molar-refractivity contribution in [2.45, 2.75) is 25.3 Å².